The van der Waals surface area contributed by atoms with Crippen LogP contribution in [0, 0.1) is 0 Å². The van der Waals surface area contributed by atoms with E-state index in [2.05, 4.69) is 9.71 Å². The molecule has 0 atom stereocenters. The highest BCUT2D eigenvalue weighted by atomic mass is 32.2. The van der Waals surface area contributed by atoms with Crippen LogP contribution in [0.15, 0.2) is 34.2 Å². The number of aliphatic carboxylic acids is 1. The molecule has 0 saturated carbocycles. The second-order valence-electron chi connectivity index (χ2n) is 3.14. The minimum absolute atomic E-state index is 0.0415. The van der Waals surface area contributed by atoms with Crippen molar-refractivity contribution in [2.24, 2.45) is 4.99 Å². The van der Waals surface area contributed by atoms with Crippen LogP contribution in [-0.2, 0) is 14.8 Å². The van der Waals surface area contributed by atoms with Gasteiger partial charge in [-0.25, -0.2) is 8.42 Å². The molecule has 0 fully saturated rings. The number of carboxylic acid groups (broad SMARTS) is 1. The Morgan fingerprint density at radius 1 is 1.38 bits per heavy atom. The number of nitrogens with one attached hydrogen (secondary N) is 1. The lowest BCUT2D eigenvalue weighted by molar-refractivity contribution is -0.303. The van der Waals surface area contributed by atoms with E-state index in [4.69, 9.17) is 0 Å². The summed E-state index contributed by atoms with van der Waals surface area (Å²) in [7, 11) is -3.60. The van der Waals surface area contributed by atoms with Gasteiger partial charge in [-0.1, -0.05) is 12.1 Å². The number of amidine groups is 1. The van der Waals surface area contributed by atoms with Crippen LogP contribution in [0.3, 0.4) is 0 Å². The highest BCUT2D eigenvalue weighted by molar-refractivity contribution is 7.90. The third-order valence-corrected chi connectivity index (χ3v) is 3.43. The summed E-state index contributed by atoms with van der Waals surface area (Å²) in [5.41, 5.74) is 0.378. The summed E-state index contributed by atoms with van der Waals surface area (Å²) in [6, 6.07) is 6.22. The first-order valence-corrected chi connectivity index (χ1v) is 5.85. The van der Waals surface area contributed by atoms with Crippen molar-refractivity contribution >= 4 is 21.8 Å². The number of aliphatic imine (C=N–C) groups is 1. The molecule has 0 radical (unpaired) electrons. The zero-order chi connectivity index (χ0) is 11.8. The molecule has 16 heavy (non-hydrogen) atoms. The summed E-state index contributed by atoms with van der Waals surface area (Å²) < 4.78 is 25.3. The second-order valence-corrected chi connectivity index (χ2v) is 4.79. The van der Waals surface area contributed by atoms with Gasteiger partial charge in [0.05, 0.1) is 17.4 Å². The van der Waals surface area contributed by atoms with E-state index in [9.17, 15) is 18.3 Å². The quantitative estimate of drug-likeness (QED) is 0.677. The smallest absolute Gasteiger partial charge is 0.263 e. The number of hydrogen-bond donors (Lipinski definition) is 1. The van der Waals surface area contributed by atoms with E-state index in [0.717, 1.165) is 0 Å². The molecule has 2 rings (SSSR count). The molecule has 1 aromatic carbocycles. The summed E-state index contributed by atoms with van der Waals surface area (Å²) >= 11 is 0. The molecular formula is C9H7N2O4S-. The second kappa shape index (κ2) is 3.60. The van der Waals surface area contributed by atoms with E-state index in [0.29, 0.717) is 5.56 Å². The molecule has 0 aliphatic carbocycles. The highest BCUT2D eigenvalue weighted by Gasteiger charge is 2.29. The van der Waals surface area contributed by atoms with E-state index in [1.54, 1.807) is 18.2 Å². The molecule has 1 aromatic rings. The number of nitrogens with zero attached hydrogens (tertiary/aromatic N) is 1. The first-order chi connectivity index (χ1) is 7.50. The number of rotatable bonds is 2. The number of sulfonamides is 1. The summed E-state index contributed by atoms with van der Waals surface area (Å²) in [4.78, 5) is 14.0. The molecule has 0 unspecified atom stereocenters. The largest absolute Gasteiger partial charge is 0.548 e. The van der Waals surface area contributed by atoms with E-state index < -0.39 is 22.5 Å². The van der Waals surface area contributed by atoms with Gasteiger partial charge in [0.15, 0.2) is 0 Å². The van der Waals surface area contributed by atoms with Crippen LogP contribution in [-0.4, -0.2) is 26.8 Å². The van der Waals surface area contributed by atoms with Gasteiger partial charge in [-0.3, -0.25) is 9.71 Å². The van der Waals surface area contributed by atoms with Crippen LogP contribution in [0.4, 0.5) is 0 Å². The minimum atomic E-state index is -3.60. The first kappa shape index (κ1) is 10.6. The molecule has 1 aliphatic rings. The van der Waals surface area contributed by atoms with Gasteiger partial charge in [0.1, 0.15) is 5.84 Å². The van der Waals surface area contributed by atoms with Gasteiger partial charge in [0.2, 0.25) is 0 Å². The average molecular weight is 239 g/mol. The number of carbonyl (C=O) groups is 1. The Bertz CT molecular complexity index is 577. The zero-order valence-corrected chi connectivity index (χ0v) is 8.82. The van der Waals surface area contributed by atoms with Crippen molar-refractivity contribution in [2.75, 3.05) is 6.54 Å². The van der Waals surface area contributed by atoms with E-state index in [1.807, 2.05) is 0 Å². The Morgan fingerprint density at radius 3 is 2.75 bits per heavy atom. The lowest BCUT2D eigenvalue weighted by Gasteiger charge is -1.99. The van der Waals surface area contributed by atoms with Crippen molar-refractivity contribution in [3.8, 4) is 0 Å². The topological polar surface area (TPSA) is 98.7 Å². The zero-order valence-electron chi connectivity index (χ0n) is 8.00. The number of benzene rings is 1. The Kier molecular flexibility index (Phi) is 2.39. The molecule has 0 bridgehead atoms. The van der Waals surface area contributed by atoms with Crippen LogP contribution in [0.2, 0.25) is 0 Å². The Labute approximate surface area is 91.7 Å². The van der Waals surface area contributed by atoms with Gasteiger partial charge in [0, 0.05) is 5.56 Å². The average Bonchev–Trinajstić information content (AvgIpc) is 2.49. The standard InChI is InChI=1S/C9H8N2O4S/c12-8(13)5-10-9-6-3-1-2-4-7(6)16(14,15)11-9/h1-4H,5H2,(H,10,11)(H,12,13)/p-1. The van der Waals surface area contributed by atoms with E-state index in [-0.39, 0.29) is 10.7 Å². The summed E-state index contributed by atoms with van der Waals surface area (Å²) in [5, 5.41) is 10.2. The minimum Gasteiger partial charge on any atom is -0.548 e. The van der Waals surface area contributed by atoms with Crippen LogP contribution in [0.1, 0.15) is 5.56 Å². The lowest BCUT2D eigenvalue weighted by atomic mass is 10.2. The number of carboxylic acids is 1. The summed E-state index contributed by atoms with van der Waals surface area (Å²) in [6.45, 7) is -0.577. The fraction of sp³-hybridized carbons (Fsp3) is 0.111. The van der Waals surface area contributed by atoms with Crippen molar-refractivity contribution in [3.63, 3.8) is 0 Å². The monoisotopic (exact) mass is 239 g/mol. The maximum Gasteiger partial charge on any atom is 0.263 e. The molecular weight excluding hydrogens is 232 g/mol. The van der Waals surface area contributed by atoms with Crippen LogP contribution < -0.4 is 9.83 Å². The third kappa shape index (κ3) is 1.76. The first-order valence-electron chi connectivity index (χ1n) is 4.37. The van der Waals surface area contributed by atoms with Gasteiger partial charge in [-0.2, -0.15) is 0 Å². The van der Waals surface area contributed by atoms with Gasteiger partial charge in [-0.05, 0) is 12.1 Å². The summed E-state index contributed by atoms with van der Waals surface area (Å²) in [6.07, 6.45) is 0. The Hall–Kier alpha value is -1.89. The van der Waals surface area contributed by atoms with E-state index >= 15 is 0 Å². The highest BCUT2D eigenvalue weighted by Crippen LogP contribution is 2.21. The molecule has 0 saturated heterocycles. The molecule has 6 nitrogen and oxygen atoms in total. The van der Waals surface area contributed by atoms with Crippen molar-refractivity contribution in [3.05, 3.63) is 29.8 Å². The maximum absolute atomic E-state index is 11.6. The van der Waals surface area contributed by atoms with Gasteiger partial charge in [0.25, 0.3) is 10.0 Å². The molecule has 0 amide bonds. The molecule has 0 aromatic heterocycles. The van der Waals surface area contributed by atoms with Crippen LogP contribution >= 0.6 is 0 Å². The molecule has 1 N–H and O–H groups in total. The van der Waals surface area contributed by atoms with Crippen LogP contribution in [0.5, 0.6) is 0 Å². The van der Waals surface area contributed by atoms with Crippen molar-refractivity contribution in [2.45, 2.75) is 4.90 Å². The predicted molar refractivity (Wildman–Crippen MR) is 53.2 cm³/mol. The summed E-state index contributed by atoms with van der Waals surface area (Å²) in [5.74, 6) is -1.32. The molecule has 84 valence electrons. The fourth-order valence-electron chi connectivity index (χ4n) is 1.39. The fourth-order valence-corrected chi connectivity index (χ4v) is 2.65. The van der Waals surface area contributed by atoms with Crippen molar-refractivity contribution in [1.82, 2.24) is 4.72 Å². The SMILES string of the molecule is O=C([O-])CN=C1NS(=O)(=O)c2ccccc21. The van der Waals surface area contributed by atoms with E-state index in [1.165, 1.54) is 6.07 Å². The molecule has 1 heterocycles. The predicted octanol–water partition coefficient (Wildman–Crippen LogP) is -1.52. The molecule has 1 aliphatic heterocycles. The van der Waals surface area contributed by atoms with Gasteiger partial charge >= 0.3 is 0 Å². The van der Waals surface area contributed by atoms with Crippen molar-refractivity contribution < 1.29 is 18.3 Å². The number of carbonyl (C=O) groups excluding carboxylic acids is 1. The third-order valence-electron chi connectivity index (χ3n) is 2.03. The number of fused-ring (bicyclic) bond motifs is 1. The lowest BCUT2D eigenvalue weighted by Crippen LogP contribution is -2.28. The maximum atomic E-state index is 11.6. The van der Waals surface area contributed by atoms with Crippen LogP contribution in [0.25, 0.3) is 0 Å². The Balaban J connectivity index is 2.49. The molecule has 7 heteroatoms. The van der Waals surface area contributed by atoms with Gasteiger partial charge < -0.3 is 9.90 Å². The van der Waals surface area contributed by atoms with Gasteiger partial charge in [-0.15, -0.1) is 0 Å². The van der Waals surface area contributed by atoms with Crippen molar-refractivity contribution in [1.29, 1.82) is 0 Å². The molecule has 0 spiro atoms. The number of hydrogen-bond acceptors (Lipinski definition) is 5. The Morgan fingerprint density at radius 2 is 2.06 bits per heavy atom. The normalized spacial score (nSPS) is 19.1.